The maximum atomic E-state index is 4.47. The Labute approximate surface area is 163 Å². The second kappa shape index (κ2) is 8.39. The number of hydrogen-bond acceptors (Lipinski definition) is 4. The molecule has 0 spiro atoms. The van der Waals surface area contributed by atoms with E-state index in [1.807, 2.05) is 12.1 Å². The van der Waals surface area contributed by atoms with Crippen LogP contribution in [0.1, 0.15) is 25.3 Å². The summed E-state index contributed by atoms with van der Waals surface area (Å²) in [6.07, 6.45) is 8.99. The van der Waals surface area contributed by atoms with Gasteiger partial charge in [-0.1, -0.05) is 43.3 Å². The summed E-state index contributed by atoms with van der Waals surface area (Å²) >= 11 is 1.78. The molecule has 1 N–H and O–H groups in total. The second-order valence-corrected chi connectivity index (χ2v) is 7.57. The standard InChI is InChI=1S/C21H23N5S/c1-2-3-13-26-20(16-8-11-22-12-9-16)24-25-21(26)27-14-10-17-15-23-19-7-5-4-6-18(17)19/h4-9,11-12,15,23H,2-3,10,13-14H2,1H3. The van der Waals surface area contributed by atoms with E-state index in [2.05, 4.69) is 62.1 Å². The molecule has 0 atom stereocenters. The average molecular weight is 378 g/mol. The summed E-state index contributed by atoms with van der Waals surface area (Å²) in [5.74, 6) is 1.91. The number of hydrogen-bond donors (Lipinski definition) is 1. The molecule has 0 amide bonds. The minimum absolute atomic E-state index is 0.931. The lowest BCUT2D eigenvalue weighted by Gasteiger charge is -2.09. The Morgan fingerprint density at radius 1 is 1.07 bits per heavy atom. The van der Waals surface area contributed by atoms with Crippen molar-refractivity contribution in [3.63, 3.8) is 0 Å². The number of aryl methyl sites for hydroxylation is 1. The average Bonchev–Trinajstić information content (AvgIpc) is 3.31. The van der Waals surface area contributed by atoms with Crippen molar-refractivity contribution < 1.29 is 0 Å². The van der Waals surface area contributed by atoms with Gasteiger partial charge in [0.05, 0.1) is 0 Å². The first-order valence-corrected chi connectivity index (χ1v) is 10.4. The molecule has 0 bridgehead atoms. The topological polar surface area (TPSA) is 59.4 Å². The number of nitrogens with zero attached hydrogens (tertiary/aromatic N) is 4. The largest absolute Gasteiger partial charge is 0.361 e. The lowest BCUT2D eigenvalue weighted by Crippen LogP contribution is -2.03. The SMILES string of the molecule is CCCCn1c(SCCc2c[nH]c3ccccc23)nnc1-c1ccncc1. The van der Waals surface area contributed by atoms with Gasteiger partial charge in [0.15, 0.2) is 11.0 Å². The van der Waals surface area contributed by atoms with Crippen LogP contribution in [0, 0.1) is 0 Å². The van der Waals surface area contributed by atoms with Gasteiger partial charge in [-0.15, -0.1) is 10.2 Å². The van der Waals surface area contributed by atoms with Crippen LogP contribution in [0.25, 0.3) is 22.3 Å². The molecule has 0 aliphatic heterocycles. The Balaban J connectivity index is 1.50. The van der Waals surface area contributed by atoms with E-state index in [1.165, 1.54) is 16.5 Å². The van der Waals surface area contributed by atoms with Crippen LogP contribution in [0.4, 0.5) is 0 Å². The summed E-state index contributed by atoms with van der Waals surface area (Å²) in [6.45, 7) is 3.15. The number of aromatic amines is 1. The molecule has 138 valence electrons. The molecular weight excluding hydrogens is 354 g/mol. The van der Waals surface area contributed by atoms with Gasteiger partial charge >= 0.3 is 0 Å². The summed E-state index contributed by atoms with van der Waals surface area (Å²) in [5, 5.41) is 11.2. The number of H-pyrrole nitrogens is 1. The van der Waals surface area contributed by atoms with Gasteiger partial charge in [0, 0.05) is 47.4 Å². The quantitative estimate of drug-likeness (QED) is 0.441. The zero-order valence-electron chi connectivity index (χ0n) is 15.4. The monoisotopic (exact) mass is 377 g/mol. The van der Waals surface area contributed by atoms with Crippen LogP contribution < -0.4 is 0 Å². The lowest BCUT2D eigenvalue weighted by molar-refractivity contribution is 0.592. The van der Waals surface area contributed by atoms with Gasteiger partial charge < -0.3 is 9.55 Å². The van der Waals surface area contributed by atoms with E-state index < -0.39 is 0 Å². The van der Waals surface area contributed by atoms with Gasteiger partial charge in [-0.2, -0.15) is 0 Å². The third-order valence-corrected chi connectivity index (χ3v) is 5.64. The van der Waals surface area contributed by atoms with Gasteiger partial charge in [-0.3, -0.25) is 4.98 Å². The number of fused-ring (bicyclic) bond motifs is 1. The fourth-order valence-corrected chi connectivity index (χ4v) is 4.16. The van der Waals surface area contributed by atoms with Crippen molar-refractivity contribution in [2.24, 2.45) is 0 Å². The molecule has 4 rings (SSSR count). The van der Waals surface area contributed by atoms with Gasteiger partial charge in [0.2, 0.25) is 0 Å². The summed E-state index contributed by atoms with van der Waals surface area (Å²) < 4.78 is 2.25. The van der Waals surface area contributed by atoms with Crippen LogP contribution in [0.5, 0.6) is 0 Å². The van der Waals surface area contributed by atoms with Crippen molar-refractivity contribution in [1.29, 1.82) is 0 Å². The van der Waals surface area contributed by atoms with Gasteiger partial charge in [-0.05, 0) is 36.6 Å². The fraction of sp³-hybridized carbons (Fsp3) is 0.286. The minimum Gasteiger partial charge on any atom is -0.361 e. The molecule has 0 fully saturated rings. The van der Waals surface area contributed by atoms with Crippen LogP contribution in [0.15, 0.2) is 60.1 Å². The highest BCUT2D eigenvalue weighted by Crippen LogP contribution is 2.26. The number of nitrogens with one attached hydrogen (secondary N) is 1. The maximum absolute atomic E-state index is 4.47. The number of para-hydroxylation sites is 1. The number of unbranched alkanes of at least 4 members (excludes halogenated alkanes) is 1. The zero-order chi connectivity index (χ0) is 18.5. The van der Waals surface area contributed by atoms with E-state index in [-0.39, 0.29) is 0 Å². The van der Waals surface area contributed by atoms with Crippen LogP contribution in [0.3, 0.4) is 0 Å². The zero-order valence-corrected chi connectivity index (χ0v) is 16.2. The fourth-order valence-electron chi connectivity index (χ4n) is 3.22. The summed E-state index contributed by atoms with van der Waals surface area (Å²) in [5.41, 5.74) is 3.62. The van der Waals surface area contributed by atoms with Crippen molar-refractivity contribution >= 4 is 22.7 Å². The second-order valence-electron chi connectivity index (χ2n) is 6.51. The van der Waals surface area contributed by atoms with E-state index in [0.29, 0.717) is 0 Å². The van der Waals surface area contributed by atoms with Crippen molar-refractivity contribution in [2.75, 3.05) is 5.75 Å². The third-order valence-electron chi connectivity index (χ3n) is 4.67. The van der Waals surface area contributed by atoms with Crippen molar-refractivity contribution in [3.05, 3.63) is 60.6 Å². The Kier molecular flexibility index (Phi) is 5.53. The molecule has 4 aromatic rings. The highest BCUT2D eigenvalue weighted by Gasteiger charge is 2.14. The highest BCUT2D eigenvalue weighted by molar-refractivity contribution is 7.99. The van der Waals surface area contributed by atoms with Crippen LogP contribution in [0.2, 0.25) is 0 Å². The van der Waals surface area contributed by atoms with Gasteiger partial charge in [0.25, 0.3) is 0 Å². The number of rotatable bonds is 8. The van der Waals surface area contributed by atoms with Crippen molar-refractivity contribution in [3.8, 4) is 11.4 Å². The molecule has 0 saturated heterocycles. The van der Waals surface area contributed by atoms with E-state index in [9.17, 15) is 0 Å². The molecule has 0 aliphatic rings. The summed E-state index contributed by atoms with van der Waals surface area (Å²) in [7, 11) is 0. The summed E-state index contributed by atoms with van der Waals surface area (Å²) in [4.78, 5) is 7.46. The van der Waals surface area contributed by atoms with Crippen LogP contribution in [-0.4, -0.2) is 30.5 Å². The Morgan fingerprint density at radius 3 is 2.78 bits per heavy atom. The Bertz CT molecular complexity index is 1010. The number of aromatic nitrogens is 5. The van der Waals surface area contributed by atoms with Gasteiger partial charge in [0.1, 0.15) is 0 Å². The van der Waals surface area contributed by atoms with Crippen LogP contribution >= 0.6 is 11.8 Å². The number of pyridine rings is 1. The molecule has 0 radical (unpaired) electrons. The maximum Gasteiger partial charge on any atom is 0.191 e. The van der Waals surface area contributed by atoms with Crippen LogP contribution in [-0.2, 0) is 13.0 Å². The van der Waals surface area contributed by atoms with Crippen molar-refractivity contribution in [1.82, 2.24) is 24.7 Å². The smallest absolute Gasteiger partial charge is 0.191 e. The Hall–Kier alpha value is -2.60. The number of benzene rings is 1. The molecule has 0 aliphatic carbocycles. The van der Waals surface area contributed by atoms with E-state index >= 15 is 0 Å². The normalized spacial score (nSPS) is 11.3. The lowest BCUT2D eigenvalue weighted by atomic mass is 10.1. The molecule has 1 aromatic carbocycles. The number of thioether (sulfide) groups is 1. The van der Waals surface area contributed by atoms with E-state index in [0.717, 1.165) is 48.1 Å². The molecule has 6 heteroatoms. The van der Waals surface area contributed by atoms with Crippen molar-refractivity contribution in [2.45, 2.75) is 37.9 Å². The molecule has 3 aromatic heterocycles. The minimum atomic E-state index is 0.931. The molecule has 0 saturated carbocycles. The predicted molar refractivity (Wildman–Crippen MR) is 111 cm³/mol. The summed E-state index contributed by atoms with van der Waals surface area (Å²) in [6, 6.07) is 12.4. The first-order chi connectivity index (χ1) is 13.4. The van der Waals surface area contributed by atoms with Gasteiger partial charge in [-0.25, -0.2) is 0 Å². The van der Waals surface area contributed by atoms with E-state index in [1.54, 1.807) is 24.2 Å². The third kappa shape index (κ3) is 3.90. The Morgan fingerprint density at radius 2 is 1.93 bits per heavy atom. The molecule has 5 nitrogen and oxygen atoms in total. The van der Waals surface area contributed by atoms with E-state index in [4.69, 9.17) is 0 Å². The molecule has 27 heavy (non-hydrogen) atoms. The first kappa shape index (κ1) is 17.8. The molecule has 0 unspecified atom stereocenters. The predicted octanol–water partition coefficient (Wildman–Crippen LogP) is 4.96. The molecule has 3 heterocycles. The first-order valence-electron chi connectivity index (χ1n) is 9.38. The highest BCUT2D eigenvalue weighted by atomic mass is 32.2. The molecular formula is C21H23N5S.